The molecule has 118 valence electrons. The second kappa shape index (κ2) is 6.60. The number of ether oxygens (including phenoxy) is 1. The summed E-state index contributed by atoms with van der Waals surface area (Å²) in [5.41, 5.74) is -1.06. The highest BCUT2D eigenvalue weighted by molar-refractivity contribution is 9.10. The van der Waals surface area contributed by atoms with Crippen molar-refractivity contribution in [1.29, 1.82) is 0 Å². The highest BCUT2D eigenvalue weighted by Crippen LogP contribution is 2.26. The van der Waals surface area contributed by atoms with Crippen LogP contribution in [0.15, 0.2) is 21.5 Å². The van der Waals surface area contributed by atoms with Gasteiger partial charge in [0.15, 0.2) is 5.82 Å². The molecule has 1 N–H and O–H groups in total. The minimum atomic E-state index is -4.30. The molecule has 0 aliphatic carbocycles. The van der Waals surface area contributed by atoms with E-state index in [1.54, 1.807) is 13.8 Å². The van der Waals surface area contributed by atoms with Crippen LogP contribution in [0.2, 0.25) is 0 Å². The van der Waals surface area contributed by atoms with E-state index < -0.39 is 36.8 Å². The van der Waals surface area contributed by atoms with E-state index in [9.17, 15) is 17.6 Å². The van der Waals surface area contributed by atoms with Crippen molar-refractivity contribution >= 4 is 41.6 Å². The molecule has 9 heteroatoms. The van der Waals surface area contributed by atoms with E-state index in [-0.39, 0.29) is 11.0 Å². The standard InChI is InChI=1S/C12H14BrClFNO4S/c1-12(2,20-3)6-16-11(17)8-4-7(13)5-9(10(8)15)21(14,18)19/h4-5H,6H2,1-3H3,(H,16,17). The highest BCUT2D eigenvalue weighted by atomic mass is 79.9. The van der Waals surface area contributed by atoms with Crippen molar-refractivity contribution in [3.63, 3.8) is 0 Å². The van der Waals surface area contributed by atoms with Gasteiger partial charge in [-0.15, -0.1) is 0 Å². The lowest BCUT2D eigenvalue weighted by Gasteiger charge is -2.23. The summed E-state index contributed by atoms with van der Waals surface area (Å²) < 4.78 is 42.1. The zero-order valence-electron chi connectivity index (χ0n) is 11.5. The number of amides is 1. The fraction of sp³-hybridized carbons (Fsp3) is 0.417. The molecule has 0 aromatic heterocycles. The summed E-state index contributed by atoms with van der Waals surface area (Å²) in [6, 6.07) is 2.17. The van der Waals surface area contributed by atoms with E-state index in [1.807, 2.05) is 0 Å². The number of rotatable bonds is 5. The Morgan fingerprint density at radius 3 is 2.52 bits per heavy atom. The van der Waals surface area contributed by atoms with Gasteiger partial charge < -0.3 is 10.1 Å². The lowest BCUT2D eigenvalue weighted by atomic mass is 10.1. The lowest BCUT2D eigenvalue weighted by Crippen LogP contribution is -2.40. The number of carbonyl (C=O) groups excluding carboxylic acids is 1. The smallest absolute Gasteiger partial charge is 0.264 e. The number of benzene rings is 1. The molecule has 0 unspecified atom stereocenters. The number of carbonyl (C=O) groups is 1. The lowest BCUT2D eigenvalue weighted by molar-refractivity contribution is 0.0228. The summed E-state index contributed by atoms with van der Waals surface area (Å²) >= 11 is 3.02. The van der Waals surface area contributed by atoms with Gasteiger partial charge in [0.1, 0.15) is 4.90 Å². The molecule has 1 rings (SSSR count). The van der Waals surface area contributed by atoms with Gasteiger partial charge in [0.05, 0.1) is 11.2 Å². The number of nitrogens with one attached hydrogen (secondary N) is 1. The predicted molar refractivity (Wildman–Crippen MR) is 80.6 cm³/mol. The number of hydrogen-bond acceptors (Lipinski definition) is 4. The summed E-state index contributed by atoms with van der Waals surface area (Å²) in [6.07, 6.45) is 0. The third kappa shape index (κ3) is 4.91. The molecule has 5 nitrogen and oxygen atoms in total. The minimum Gasteiger partial charge on any atom is -0.377 e. The molecule has 0 bridgehead atoms. The van der Waals surface area contributed by atoms with E-state index in [0.29, 0.717) is 0 Å². The van der Waals surface area contributed by atoms with Gasteiger partial charge in [0, 0.05) is 28.8 Å². The average Bonchev–Trinajstić information content (AvgIpc) is 2.37. The van der Waals surface area contributed by atoms with Crippen molar-refractivity contribution in [2.75, 3.05) is 13.7 Å². The molecule has 0 heterocycles. The molecular weight excluding hydrogens is 389 g/mol. The monoisotopic (exact) mass is 401 g/mol. The summed E-state index contributed by atoms with van der Waals surface area (Å²) in [5, 5.41) is 2.47. The first kappa shape index (κ1) is 18.3. The zero-order valence-corrected chi connectivity index (χ0v) is 14.7. The quantitative estimate of drug-likeness (QED) is 0.769. The molecule has 0 saturated heterocycles. The maximum atomic E-state index is 14.1. The van der Waals surface area contributed by atoms with E-state index in [2.05, 4.69) is 21.2 Å². The Morgan fingerprint density at radius 2 is 2.05 bits per heavy atom. The van der Waals surface area contributed by atoms with Gasteiger partial charge in [-0.05, 0) is 26.0 Å². The van der Waals surface area contributed by atoms with Crippen molar-refractivity contribution in [3.8, 4) is 0 Å². The topological polar surface area (TPSA) is 72.5 Å². The summed E-state index contributed by atoms with van der Waals surface area (Å²) in [5.74, 6) is -1.96. The summed E-state index contributed by atoms with van der Waals surface area (Å²) in [4.78, 5) is 11.2. The Morgan fingerprint density at radius 1 is 1.48 bits per heavy atom. The molecule has 0 atom stereocenters. The summed E-state index contributed by atoms with van der Waals surface area (Å²) in [6.45, 7) is 3.59. The molecule has 0 spiro atoms. The molecule has 0 radical (unpaired) electrons. The molecular formula is C12H14BrClFNO4S. The maximum absolute atomic E-state index is 14.1. The Labute approximate surface area is 135 Å². The molecule has 0 aliphatic heterocycles. The van der Waals surface area contributed by atoms with Crippen LogP contribution in [-0.4, -0.2) is 33.6 Å². The van der Waals surface area contributed by atoms with Crippen LogP contribution in [0.1, 0.15) is 24.2 Å². The summed E-state index contributed by atoms with van der Waals surface area (Å²) in [7, 11) is 2.32. The van der Waals surface area contributed by atoms with Gasteiger partial charge in [-0.25, -0.2) is 12.8 Å². The average molecular weight is 403 g/mol. The Bertz CT molecular complexity index is 663. The van der Waals surface area contributed by atoms with Crippen LogP contribution < -0.4 is 5.32 Å². The van der Waals surface area contributed by atoms with Crippen LogP contribution in [0.4, 0.5) is 4.39 Å². The molecule has 0 fully saturated rings. The number of hydrogen-bond donors (Lipinski definition) is 1. The van der Waals surface area contributed by atoms with Crippen molar-refractivity contribution < 1.29 is 22.3 Å². The molecule has 1 amide bonds. The highest BCUT2D eigenvalue weighted by Gasteiger charge is 2.25. The molecule has 21 heavy (non-hydrogen) atoms. The maximum Gasteiger partial charge on any atom is 0.264 e. The molecule has 1 aromatic rings. The first-order valence-electron chi connectivity index (χ1n) is 5.75. The minimum absolute atomic E-state index is 0.122. The Hall–Kier alpha value is -0.700. The Balaban J connectivity index is 3.14. The van der Waals surface area contributed by atoms with Crippen LogP contribution >= 0.6 is 26.6 Å². The SMILES string of the molecule is COC(C)(C)CNC(=O)c1cc(Br)cc(S(=O)(=O)Cl)c1F. The zero-order chi connectivity index (χ0) is 16.4. The van der Waals surface area contributed by atoms with Gasteiger partial charge in [-0.3, -0.25) is 4.79 Å². The fourth-order valence-electron chi connectivity index (χ4n) is 1.37. The van der Waals surface area contributed by atoms with Gasteiger partial charge in [-0.1, -0.05) is 15.9 Å². The third-order valence-electron chi connectivity index (χ3n) is 2.74. The van der Waals surface area contributed by atoms with Crippen molar-refractivity contribution in [2.45, 2.75) is 24.3 Å². The van der Waals surface area contributed by atoms with Crippen LogP contribution in [-0.2, 0) is 13.8 Å². The number of halogens is 3. The van der Waals surface area contributed by atoms with E-state index in [4.69, 9.17) is 15.4 Å². The van der Waals surface area contributed by atoms with Crippen LogP contribution in [0.3, 0.4) is 0 Å². The van der Waals surface area contributed by atoms with E-state index >= 15 is 0 Å². The van der Waals surface area contributed by atoms with E-state index in [0.717, 1.165) is 6.07 Å². The fourth-order valence-corrected chi connectivity index (χ4v) is 2.91. The Kier molecular flexibility index (Phi) is 5.76. The van der Waals surface area contributed by atoms with Crippen molar-refractivity contribution in [1.82, 2.24) is 5.32 Å². The molecule has 0 aliphatic rings. The van der Waals surface area contributed by atoms with Crippen molar-refractivity contribution in [3.05, 3.63) is 28.0 Å². The molecule has 1 aromatic carbocycles. The van der Waals surface area contributed by atoms with Gasteiger partial charge in [0.25, 0.3) is 15.0 Å². The normalized spacial score (nSPS) is 12.3. The second-order valence-electron chi connectivity index (χ2n) is 4.85. The predicted octanol–water partition coefficient (Wildman–Crippen LogP) is 2.67. The van der Waals surface area contributed by atoms with E-state index in [1.165, 1.54) is 13.2 Å². The first-order valence-corrected chi connectivity index (χ1v) is 8.85. The van der Waals surface area contributed by atoms with Gasteiger partial charge >= 0.3 is 0 Å². The second-order valence-corrected chi connectivity index (χ2v) is 8.30. The van der Waals surface area contributed by atoms with Gasteiger partial charge in [0.2, 0.25) is 0 Å². The molecule has 0 saturated carbocycles. The van der Waals surface area contributed by atoms with Crippen LogP contribution in [0, 0.1) is 5.82 Å². The first-order chi connectivity index (χ1) is 9.48. The van der Waals surface area contributed by atoms with Crippen LogP contribution in [0.25, 0.3) is 0 Å². The van der Waals surface area contributed by atoms with Gasteiger partial charge in [-0.2, -0.15) is 0 Å². The number of methoxy groups -OCH3 is 1. The van der Waals surface area contributed by atoms with Crippen molar-refractivity contribution in [2.24, 2.45) is 0 Å². The largest absolute Gasteiger partial charge is 0.377 e. The third-order valence-corrected chi connectivity index (χ3v) is 4.52. The van der Waals surface area contributed by atoms with Crippen LogP contribution in [0.5, 0.6) is 0 Å².